The number of carbonyl (C=O) groups excluding carboxylic acids is 2. The predicted octanol–water partition coefficient (Wildman–Crippen LogP) is 0.898. The predicted molar refractivity (Wildman–Crippen MR) is 43.4 cm³/mol. The highest BCUT2D eigenvalue weighted by molar-refractivity contribution is 5.98. The van der Waals surface area contributed by atoms with Crippen LogP contribution in [0.15, 0.2) is 11.6 Å². The molecule has 68 valence electrons. The summed E-state index contributed by atoms with van der Waals surface area (Å²) in [7, 11) is 0. The van der Waals surface area contributed by atoms with Gasteiger partial charge in [0.15, 0.2) is 0 Å². The second kappa shape index (κ2) is 2.03. The average molecular weight is 178 g/mol. The maximum absolute atomic E-state index is 11.3. The first-order valence-electron chi connectivity index (χ1n) is 4.62. The van der Waals surface area contributed by atoms with Crippen molar-refractivity contribution in [1.29, 1.82) is 0 Å². The normalized spacial score (nSPS) is 46.4. The summed E-state index contributed by atoms with van der Waals surface area (Å²) in [5.41, 5.74) is 1.26. The number of rotatable bonds is 0. The number of hydrogen-bond acceptors (Lipinski definition) is 3. The van der Waals surface area contributed by atoms with Crippen molar-refractivity contribution in [1.82, 2.24) is 0 Å². The molecule has 3 heteroatoms. The van der Waals surface area contributed by atoms with E-state index in [1.807, 2.05) is 13.0 Å². The second-order valence-corrected chi connectivity index (χ2v) is 4.21. The summed E-state index contributed by atoms with van der Waals surface area (Å²) in [6.07, 6.45) is 2.98. The number of esters is 2. The van der Waals surface area contributed by atoms with E-state index in [1.165, 1.54) is 5.57 Å². The molecule has 0 spiro atoms. The lowest BCUT2D eigenvalue weighted by atomic mass is 9.83. The van der Waals surface area contributed by atoms with E-state index in [1.54, 1.807) is 0 Å². The summed E-state index contributed by atoms with van der Waals surface area (Å²) in [6, 6.07) is 0. The lowest BCUT2D eigenvalue weighted by Gasteiger charge is -2.16. The van der Waals surface area contributed by atoms with Crippen LogP contribution in [0.5, 0.6) is 0 Å². The number of ether oxygens (including phenoxy) is 1. The van der Waals surface area contributed by atoms with E-state index in [9.17, 15) is 9.59 Å². The molecule has 2 fully saturated rings. The lowest BCUT2D eigenvalue weighted by molar-refractivity contribution is -0.153. The van der Waals surface area contributed by atoms with Crippen LogP contribution in [-0.2, 0) is 14.3 Å². The van der Waals surface area contributed by atoms with Gasteiger partial charge in [-0.15, -0.1) is 0 Å². The number of hydrogen-bond donors (Lipinski definition) is 0. The molecule has 1 heterocycles. The Morgan fingerprint density at radius 3 is 2.92 bits per heavy atom. The molecule has 0 bridgehead atoms. The third-order valence-electron chi connectivity index (χ3n) is 3.46. The van der Waals surface area contributed by atoms with Crippen LogP contribution in [0, 0.1) is 23.7 Å². The first-order valence-corrected chi connectivity index (χ1v) is 4.62. The van der Waals surface area contributed by atoms with Crippen LogP contribution in [-0.4, -0.2) is 11.9 Å². The van der Waals surface area contributed by atoms with Crippen LogP contribution in [0.4, 0.5) is 0 Å². The minimum Gasteiger partial charge on any atom is -0.392 e. The van der Waals surface area contributed by atoms with Crippen molar-refractivity contribution >= 4 is 11.9 Å². The van der Waals surface area contributed by atoms with Crippen molar-refractivity contribution in [2.45, 2.75) is 13.3 Å². The van der Waals surface area contributed by atoms with E-state index >= 15 is 0 Å². The first kappa shape index (κ1) is 7.30. The minimum atomic E-state index is -0.347. The van der Waals surface area contributed by atoms with Gasteiger partial charge in [0.05, 0.1) is 11.8 Å². The number of cyclic esters (lactones) is 2. The molecule has 2 aliphatic carbocycles. The Morgan fingerprint density at radius 2 is 2.15 bits per heavy atom. The molecule has 0 aromatic heterocycles. The van der Waals surface area contributed by atoms with Crippen LogP contribution in [0.25, 0.3) is 0 Å². The lowest BCUT2D eigenvalue weighted by Crippen LogP contribution is -2.22. The van der Waals surface area contributed by atoms with Crippen molar-refractivity contribution in [3.8, 4) is 0 Å². The molecule has 13 heavy (non-hydrogen) atoms. The Kier molecular flexibility index (Phi) is 1.14. The van der Waals surface area contributed by atoms with Gasteiger partial charge in [-0.3, -0.25) is 9.59 Å². The molecule has 0 N–H and O–H groups in total. The summed E-state index contributed by atoms with van der Waals surface area (Å²) in [6.45, 7) is 2.04. The van der Waals surface area contributed by atoms with Gasteiger partial charge in [0.2, 0.25) is 0 Å². The quantitative estimate of drug-likeness (QED) is 0.314. The van der Waals surface area contributed by atoms with Gasteiger partial charge in [0.25, 0.3) is 0 Å². The first-order chi connectivity index (χ1) is 6.18. The number of carbonyl (C=O) groups is 2. The summed E-state index contributed by atoms with van der Waals surface area (Å²) in [4.78, 5) is 22.5. The van der Waals surface area contributed by atoms with Crippen molar-refractivity contribution in [2.75, 3.05) is 0 Å². The van der Waals surface area contributed by atoms with E-state index in [0.717, 1.165) is 6.42 Å². The van der Waals surface area contributed by atoms with Gasteiger partial charge in [-0.2, -0.15) is 0 Å². The number of fused-ring (bicyclic) bond motifs is 3. The van der Waals surface area contributed by atoms with Crippen LogP contribution in [0.1, 0.15) is 13.3 Å². The molecular weight excluding hydrogens is 168 g/mol. The van der Waals surface area contributed by atoms with Gasteiger partial charge in [0.1, 0.15) is 0 Å². The molecule has 3 rings (SSSR count). The van der Waals surface area contributed by atoms with Crippen molar-refractivity contribution in [2.24, 2.45) is 23.7 Å². The van der Waals surface area contributed by atoms with Crippen molar-refractivity contribution in [3.05, 3.63) is 11.6 Å². The van der Waals surface area contributed by atoms with Crippen LogP contribution < -0.4 is 0 Å². The average Bonchev–Trinajstić information content (AvgIpc) is 2.78. The van der Waals surface area contributed by atoms with E-state index in [-0.39, 0.29) is 23.8 Å². The van der Waals surface area contributed by atoms with E-state index in [0.29, 0.717) is 11.8 Å². The van der Waals surface area contributed by atoms with Gasteiger partial charge in [0, 0.05) is 0 Å². The van der Waals surface area contributed by atoms with Gasteiger partial charge < -0.3 is 4.74 Å². The molecule has 1 saturated heterocycles. The molecule has 4 unspecified atom stereocenters. The highest BCUT2D eigenvalue weighted by atomic mass is 16.6. The molecule has 0 aromatic carbocycles. The Labute approximate surface area is 75.8 Å². The monoisotopic (exact) mass is 178 g/mol. The Balaban J connectivity index is 2.05. The van der Waals surface area contributed by atoms with Gasteiger partial charge in [-0.25, -0.2) is 0 Å². The topological polar surface area (TPSA) is 43.4 Å². The molecule has 1 saturated carbocycles. The SMILES string of the molecule is CC1=CC2C(=O)OC(=O)C2C2CC12. The largest absolute Gasteiger partial charge is 0.392 e. The Bertz CT molecular complexity index is 342. The smallest absolute Gasteiger partial charge is 0.321 e. The zero-order valence-corrected chi connectivity index (χ0v) is 7.32. The van der Waals surface area contributed by atoms with E-state index < -0.39 is 0 Å². The third-order valence-corrected chi connectivity index (χ3v) is 3.46. The minimum absolute atomic E-state index is 0.152. The van der Waals surface area contributed by atoms with Gasteiger partial charge in [-0.05, 0) is 25.2 Å². The molecule has 0 radical (unpaired) electrons. The van der Waals surface area contributed by atoms with Crippen molar-refractivity contribution in [3.63, 3.8) is 0 Å². The van der Waals surface area contributed by atoms with Crippen LogP contribution >= 0.6 is 0 Å². The molecule has 4 atom stereocenters. The molecule has 1 aliphatic heterocycles. The van der Waals surface area contributed by atoms with Crippen LogP contribution in [0.2, 0.25) is 0 Å². The second-order valence-electron chi connectivity index (χ2n) is 4.21. The van der Waals surface area contributed by atoms with Gasteiger partial charge >= 0.3 is 11.9 Å². The molecular formula is C10H10O3. The zero-order valence-electron chi connectivity index (χ0n) is 7.32. The molecule has 3 aliphatic rings. The fourth-order valence-corrected chi connectivity index (χ4v) is 2.68. The Hall–Kier alpha value is -1.12. The number of allylic oxidation sites excluding steroid dienone is 1. The van der Waals surface area contributed by atoms with E-state index in [2.05, 4.69) is 4.74 Å². The standard InChI is InChI=1S/C10H10O3/c1-4-2-7-8(6-3-5(4)6)10(12)13-9(7)11/h2,5-8H,3H2,1H3. The third kappa shape index (κ3) is 0.794. The molecule has 3 nitrogen and oxygen atoms in total. The fraction of sp³-hybridized carbons (Fsp3) is 0.600. The molecule has 0 amide bonds. The van der Waals surface area contributed by atoms with E-state index in [4.69, 9.17) is 0 Å². The van der Waals surface area contributed by atoms with Crippen molar-refractivity contribution < 1.29 is 14.3 Å². The highest BCUT2D eigenvalue weighted by Crippen LogP contribution is 2.56. The zero-order chi connectivity index (χ0) is 9.16. The van der Waals surface area contributed by atoms with Crippen LogP contribution in [0.3, 0.4) is 0 Å². The highest BCUT2D eigenvalue weighted by Gasteiger charge is 2.58. The van der Waals surface area contributed by atoms with Gasteiger partial charge in [-0.1, -0.05) is 11.6 Å². The summed E-state index contributed by atoms with van der Waals surface area (Å²) < 4.78 is 4.63. The summed E-state index contributed by atoms with van der Waals surface area (Å²) >= 11 is 0. The maximum Gasteiger partial charge on any atom is 0.321 e. The maximum atomic E-state index is 11.3. The summed E-state index contributed by atoms with van der Waals surface area (Å²) in [5.74, 6) is -0.114. The fourth-order valence-electron chi connectivity index (χ4n) is 2.68. The summed E-state index contributed by atoms with van der Waals surface area (Å²) in [5, 5.41) is 0. The Morgan fingerprint density at radius 1 is 1.38 bits per heavy atom. The molecule has 0 aromatic rings.